The number of carboxylic acids is 1. The zero-order chi connectivity index (χ0) is 36.9. The van der Waals surface area contributed by atoms with Crippen molar-refractivity contribution in [2.45, 2.75) is 61.8 Å². The zero-order valence-corrected chi connectivity index (χ0v) is 29.4. The molecule has 4 aromatic carbocycles. The quantitative estimate of drug-likeness (QED) is 0.0534. The van der Waals surface area contributed by atoms with Crippen LogP contribution in [0.15, 0.2) is 108 Å². The third-order valence-electron chi connectivity index (χ3n) is 8.04. The summed E-state index contributed by atoms with van der Waals surface area (Å²) in [5.41, 5.74) is 10.9. The van der Waals surface area contributed by atoms with Crippen LogP contribution in [-0.2, 0) is 30.7 Å². The highest BCUT2D eigenvalue weighted by atomic mass is 32.2. The summed E-state index contributed by atoms with van der Waals surface area (Å²) in [6.45, 7) is 7.08. The number of nitrogens with one attached hydrogen (secondary N) is 3. The molecule has 1 aliphatic carbocycles. The Balaban J connectivity index is 0.000000272. The molecule has 9 nitrogen and oxygen atoms in total. The molecule has 1 aliphatic rings. The van der Waals surface area contributed by atoms with Crippen LogP contribution in [0, 0.1) is 0 Å². The maximum Gasteiger partial charge on any atom is 0.573 e. The molecule has 2 amide bonds. The molecule has 0 aromatic heterocycles. The van der Waals surface area contributed by atoms with E-state index in [1.165, 1.54) is 39.9 Å². The monoisotopic (exact) mass is 723 g/mol. The minimum absolute atomic E-state index is 0.0482. The van der Waals surface area contributed by atoms with Gasteiger partial charge in [-0.3, -0.25) is 4.79 Å². The van der Waals surface area contributed by atoms with Crippen LogP contribution in [0.4, 0.5) is 23.7 Å². The van der Waals surface area contributed by atoms with Crippen LogP contribution in [0.5, 0.6) is 5.75 Å². The molecule has 1 atom stereocenters. The Morgan fingerprint density at radius 3 is 1.90 bits per heavy atom. The van der Waals surface area contributed by atoms with Gasteiger partial charge in [-0.15, -0.1) is 24.9 Å². The van der Waals surface area contributed by atoms with Crippen molar-refractivity contribution in [2.75, 3.05) is 25.1 Å². The highest BCUT2D eigenvalue weighted by Crippen LogP contribution is 2.36. The Labute approximate surface area is 300 Å². The first kappa shape index (κ1) is 39.2. The van der Waals surface area contributed by atoms with E-state index < -0.39 is 23.1 Å². The van der Waals surface area contributed by atoms with Gasteiger partial charge in [-0.05, 0) is 85.3 Å². The van der Waals surface area contributed by atoms with Crippen molar-refractivity contribution in [3.63, 3.8) is 0 Å². The minimum atomic E-state index is -4.79. The van der Waals surface area contributed by atoms with Gasteiger partial charge in [0.05, 0.1) is 6.67 Å². The molecule has 5 rings (SSSR count). The fourth-order valence-electron chi connectivity index (χ4n) is 5.36. The second-order valence-electron chi connectivity index (χ2n) is 12.4. The van der Waals surface area contributed by atoms with Crippen molar-refractivity contribution in [1.82, 2.24) is 15.5 Å². The molecule has 272 valence electrons. The van der Waals surface area contributed by atoms with Crippen molar-refractivity contribution in [3.8, 4) is 5.75 Å². The summed E-state index contributed by atoms with van der Waals surface area (Å²) < 4.78 is 39.7. The predicted octanol–water partition coefficient (Wildman–Crippen LogP) is 7.02. The Hall–Kier alpha value is -4.56. The molecular formula is C38H44F3N5O4S. The first-order valence-corrected chi connectivity index (χ1v) is 17.3. The molecule has 0 saturated carbocycles. The lowest BCUT2D eigenvalue weighted by Gasteiger charge is -2.27. The fourth-order valence-corrected chi connectivity index (χ4v) is 6.37. The van der Waals surface area contributed by atoms with E-state index in [0.717, 1.165) is 54.3 Å². The number of nitrogens with two attached hydrogens (primary N) is 1. The molecule has 0 unspecified atom stereocenters. The number of nitrogens with zero attached hydrogens (tertiary/aromatic N) is 1. The van der Waals surface area contributed by atoms with Gasteiger partial charge in [0.2, 0.25) is 0 Å². The molecular weight excluding hydrogens is 680 g/mol. The number of ether oxygens (including phenoxy) is 1. The number of urea groups is 1. The van der Waals surface area contributed by atoms with Gasteiger partial charge >= 0.3 is 18.4 Å². The molecule has 0 bridgehead atoms. The van der Waals surface area contributed by atoms with Gasteiger partial charge in [-0.2, -0.15) is 0 Å². The topological polar surface area (TPSA) is 129 Å². The second kappa shape index (κ2) is 18.6. The Morgan fingerprint density at radius 2 is 1.39 bits per heavy atom. The zero-order valence-electron chi connectivity index (χ0n) is 28.6. The molecule has 6 N–H and O–H groups in total. The summed E-state index contributed by atoms with van der Waals surface area (Å²) >= 11 is 1.25. The van der Waals surface area contributed by atoms with Gasteiger partial charge in [0.25, 0.3) is 0 Å². The van der Waals surface area contributed by atoms with E-state index >= 15 is 0 Å². The highest BCUT2D eigenvalue weighted by molar-refractivity contribution is 8.01. The molecule has 4 aromatic rings. The predicted molar refractivity (Wildman–Crippen MR) is 195 cm³/mol. The summed E-state index contributed by atoms with van der Waals surface area (Å²) in [5, 5.41) is 18.8. The first-order valence-electron chi connectivity index (χ1n) is 16.5. The third kappa shape index (κ3) is 12.9. The third-order valence-corrected chi connectivity index (χ3v) is 9.21. The second-order valence-corrected chi connectivity index (χ2v) is 14.1. The van der Waals surface area contributed by atoms with Crippen molar-refractivity contribution in [1.29, 1.82) is 0 Å². The lowest BCUT2D eigenvalue weighted by atomic mass is 10.1. The normalized spacial score (nSPS) is 13.8. The van der Waals surface area contributed by atoms with Gasteiger partial charge in [-0.25, -0.2) is 4.79 Å². The standard InChI is InChI=1S/C22H24F3N3O4S.C16H20N2/c1-21(2,19(29)30)33-18-8-3-13-9-16(10-14(13)11-18)28(12-26)20(31)27-15-4-6-17(7-5-15)32-22(23,24)25;1-3-7-15(8-4-1)13-17-11-12-18-14-16-9-5-2-6-10-16/h3-8,11,16H,9-10,12,26H2,1-2H3,(H,27,31)(H,29,30);1-10,17-18H,11-14H2/t16-;/m1./s1. The van der Waals surface area contributed by atoms with Crippen molar-refractivity contribution in [3.05, 3.63) is 125 Å². The van der Waals surface area contributed by atoms with Crippen molar-refractivity contribution >= 4 is 29.4 Å². The summed E-state index contributed by atoms with van der Waals surface area (Å²) in [7, 11) is 0. The van der Waals surface area contributed by atoms with E-state index in [0.29, 0.717) is 18.5 Å². The average molecular weight is 724 g/mol. The van der Waals surface area contributed by atoms with E-state index in [1.54, 1.807) is 13.8 Å². The lowest BCUT2D eigenvalue weighted by Crippen LogP contribution is -2.46. The van der Waals surface area contributed by atoms with Gasteiger partial charge in [0.15, 0.2) is 0 Å². The van der Waals surface area contributed by atoms with Gasteiger partial charge in [0.1, 0.15) is 10.5 Å². The first-order chi connectivity index (χ1) is 24.3. The molecule has 0 spiro atoms. The van der Waals surface area contributed by atoms with Crippen LogP contribution < -0.4 is 26.4 Å². The van der Waals surface area contributed by atoms with Crippen LogP contribution >= 0.6 is 11.8 Å². The number of benzene rings is 4. The van der Waals surface area contributed by atoms with Crippen molar-refractivity contribution in [2.24, 2.45) is 5.73 Å². The van der Waals surface area contributed by atoms with Gasteiger partial charge in [-0.1, -0.05) is 66.7 Å². The number of halogens is 3. The number of amides is 2. The van der Waals surface area contributed by atoms with Gasteiger partial charge in [0, 0.05) is 42.8 Å². The Morgan fingerprint density at radius 1 is 0.843 bits per heavy atom. The Kier molecular flexibility index (Phi) is 14.3. The summed E-state index contributed by atoms with van der Waals surface area (Å²) in [5.74, 6) is -1.29. The maximum atomic E-state index is 12.8. The van der Waals surface area contributed by atoms with Crippen molar-refractivity contribution < 1.29 is 32.6 Å². The number of rotatable bonds is 14. The number of carbonyl (C=O) groups is 2. The molecule has 0 saturated heterocycles. The van der Waals surface area contributed by atoms with E-state index in [2.05, 4.69) is 69.2 Å². The number of hydrogen-bond acceptors (Lipinski definition) is 7. The van der Waals surface area contributed by atoms with Crippen LogP contribution in [0.25, 0.3) is 0 Å². The van der Waals surface area contributed by atoms with Crippen LogP contribution in [0.1, 0.15) is 36.1 Å². The number of alkyl halides is 3. The number of carbonyl (C=O) groups excluding carboxylic acids is 1. The molecule has 0 fully saturated rings. The number of anilines is 1. The molecule has 0 heterocycles. The van der Waals surface area contributed by atoms with E-state index in [9.17, 15) is 27.9 Å². The largest absolute Gasteiger partial charge is 0.573 e. The summed E-state index contributed by atoms with van der Waals surface area (Å²) in [6.07, 6.45) is -3.65. The van der Waals surface area contributed by atoms with Crippen LogP contribution in [-0.4, -0.2) is 58.9 Å². The average Bonchev–Trinajstić information content (AvgIpc) is 3.51. The summed E-state index contributed by atoms with van der Waals surface area (Å²) in [6, 6.07) is 30.9. The number of carboxylic acid groups (broad SMARTS) is 1. The number of fused-ring (bicyclic) bond motifs is 1. The number of thioether (sulfide) groups is 1. The van der Waals surface area contributed by atoms with Crippen LogP contribution in [0.2, 0.25) is 0 Å². The highest BCUT2D eigenvalue weighted by Gasteiger charge is 2.33. The molecule has 13 heteroatoms. The lowest BCUT2D eigenvalue weighted by molar-refractivity contribution is -0.274. The molecule has 0 radical (unpaired) electrons. The van der Waals surface area contributed by atoms with E-state index in [4.69, 9.17) is 5.73 Å². The Bertz CT molecular complexity index is 1650. The van der Waals surface area contributed by atoms with Gasteiger partial charge < -0.3 is 36.4 Å². The van der Waals surface area contributed by atoms with E-state index in [-0.39, 0.29) is 18.5 Å². The molecule has 0 aliphatic heterocycles. The maximum absolute atomic E-state index is 12.8. The van der Waals surface area contributed by atoms with E-state index in [1.807, 2.05) is 30.3 Å². The molecule has 51 heavy (non-hydrogen) atoms. The fraction of sp³-hybridized carbons (Fsp3) is 0.316. The summed E-state index contributed by atoms with van der Waals surface area (Å²) in [4.78, 5) is 26.5. The number of aliphatic carboxylic acids is 1. The smallest absolute Gasteiger partial charge is 0.480 e. The SMILES string of the molecule is CC(C)(Sc1ccc2c(c1)C[C@H](N(CN)C(=O)Nc1ccc(OC(F)(F)F)cc1)C2)C(=O)O.c1ccc(CNCCNCc2ccccc2)cc1. The number of hydrogen-bond donors (Lipinski definition) is 5. The van der Waals surface area contributed by atoms with Crippen LogP contribution in [0.3, 0.4) is 0 Å². The minimum Gasteiger partial charge on any atom is -0.480 e.